The van der Waals surface area contributed by atoms with Gasteiger partial charge in [-0.1, -0.05) is 18.2 Å². The highest BCUT2D eigenvalue weighted by atomic mass is 19.4. The molecule has 0 saturated heterocycles. The summed E-state index contributed by atoms with van der Waals surface area (Å²) in [6, 6.07) is 14.9. The first-order chi connectivity index (χ1) is 15.4. The van der Waals surface area contributed by atoms with Crippen molar-refractivity contribution in [1.29, 1.82) is 0 Å². The monoisotopic (exact) mass is 437 g/mol. The predicted octanol–water partition coefficient (Wildman–Crippen LogP) is 4.55. The second kappa shape index (κ2) is 9.01. The van der Waals surface area contributed by atoms with E-state index < -0.39 is 11.7 Å². The van der Waals surface area contributed by atoms with E-state index in [1.165, 1.54) is 6.07 Å². The number of alkyl halides is 3. The number of para-hydroxylation sites is 1. The van der Waals surface area contributed by atoms with Crippen molar-refractivity contribution in [2.24, 2.45) is 0 Å². The maximum absolute atomic E-state index is 12.9. The number of aromatic nitrogens is 3. The number of carbonyl (C=O) groups excluding carboxylic acids is 1. The van der Waals surface area contributed by atoms with Crippen molar-refractivity contribution in [3.63, 3.8) is 0 Å². The molecule has 3 aromatic heterocycles. The molecule has 162 valence electrons. The van der Waals surface area contributed by atoms with Crippen molar-refractivity contribution >= 4 is 22.6 Å². The van der Waals surface area contributed by atoms with Crippen LogP contribution in [0.5, 0.6) is 0 Å². The molecule has 0 radical (unpaired) electrons. The van der Waals surface area contributed by atoms with E-state index in [0.29, 0.717) is 29.1 Å². The van der Waals surface area contributed by atoms with Gasteiger partial charge in [-0.05, 0) is 36.4 Å². The molecule has 0 aliphatic rings. The number of rotatable bonds is 6. The minimum atomic E-state index is -4.43. The lowest BCUT2D eigenvalue weighted by molar-refractivity contribution is -0.137. The average Bonchev–Trinajstić information content (AvgIpc) is 2.81. The lowest BCUT2D eigenvalue weighted by Crippen LogP contribution is -2.29. The van der Waals surface area contributed by atoms with Crippen molar-refractivity contribution in [3.05, 3.63) is 84.3 Å². The van der Waals surface area contributed by atoms with Gasteiger partial charge < -0.3 is 10.6 Å². The molecule has 4 rings (SSSR count). The number of hydrogen-bond acceptors (Lipinski definition) is 5. The zero-order valence-electron chi connectivity index (χ0n) is 16.7. The standard InChI is InChI=1S/C23H18F3N5O/c24-23(25,26)16-5-6-21(30-14-16)28-11-12-29-22(32)18-13-20(15-7-9-27-10-8-15)31-19-4-2-1-3-17(18)19/h1-10,13-14H,11-12H2,(H,28,30)(H,29,32). The summed E-state index contributed by atoms with van der Waals surface area (Å²) in [5.74, 6) is 0.0164. The number of nitrogens with zero attached hydrogens (tertiary/aromatic N) is 3. The Morgan fingerprint density at radius 1 is 0.969 bits per heavy atom. The molecule has 6 nitrogen and oxygen atoms in total. The highest BCUT2D eigenvalue weighted by molar-refractivity contribution is 6.07. The lowest BCUT2D eigenvalue weighted by atomic mass is 10.0. The number of pyridine rings is 3. The van der Waals surface area contributed by atoms with Crippen LogP contribution in [-0.4, -0.2) is 33.9 Å². The van der Waals surface area contributed by atoms with Crippen molar-refractivity contribution in [1.82, 2.24) is 20.3 Å². The Bertz CT molecular complexity index is 1230. The Labute approximate surface area is 181 Å². The number of halogens is 3. The Morgan fingerprint density at radius 3 is 2.47 bits per heavy atom. The van der Waals surface area contributed by atoms with Crippen LogP contribution in [0.3, 0.4) is 0 Å². The van der Waals surface area contributed by atoms with Crippen LogP contribution in [-0.2, 0) is 6.18 Å². The van der Waals surface area contributed by atoms with Gasteiger partial charge in [-0.2, -0.15) is 13.2 Å². The molecule has 9 heteroatoms. The zero-order chi connectivity index (χ0) is 22.6. The molecule has 1 amide bonds. The summed E-state index contributed by atoms with van der Waals surface area (Å²) in [6.07, 6.45) is -0.341. The number of hydrogen-bond donors (Lipinski definition) is 2. The summed E-state index contributed by atoms with van der Waals surface area (Å²) < 4.78 is 37.8. The summed E-state index contributed by atoms with van der Waals surface area (Å²) in [6.45, 7) is 0.549. The van der Waals surface area contributed by atoms with Crippen LogP contribution in [0.25, 0.3) is 22.2 Å². The van der Waals surface area contributed by atoms with Gasteiger partial charge in [-0.3, -0.25) is 9.78 Å². The molecule has 0 fully saturated rings. The maximum atomic E-state index is 12.9. The Kier molecular flexibility index (Phi) is 5.98. The fourth-order valence-corrected chi connectivity index (χ4v) is 3.16. The van der Waals surface area contributed by atoms with Crippen LogP contribution >= 0.6 is 0 Å². The number of amides is 1. The second-order valence-corrected chi connectivity index (χ2v) is 6.92. The van der Waals surface area contributed by atoms with E-state index >= 15 is 0 Å². The minimum Gasteiger partial charge on any atom is -0.368 e. The van der Waals surface area contributed by atoms with Gasteiger partial charge in [0.2, 0.25) is 0 Å². The maximum Gasteiger partial charge on any atom is 0.417 e. The first-order valence-electron chi connectivity index (χ1n) is 9.77. The molecule has 0 saturated carbocycles. The lowest BCUT2D eigenvalue weighted by Gasteiger charge is -2.12. The Hall–Kier alpha value is -4.01. The van der Waals surface area contributed by atoms with Gasteiger partial charge >= 0.3 is 6.18 Å². The number of carbonyl (C=O) groups is 1. The molecule has 1 aromatic carbocycles. The smallest absolute Gasteiger partial charge is 0.368 e. The van der Waals surface area contributed by atoms with E-state index in [9.17, 15) is 18.0 Å². The van der Waals surface area contributed by atoms with Crippen LogP contribution in [0, 0.1) is 0 Å². The quantitative estimate of drug-likeness (QED) is 0.433. The third-order valence-corrected chi connectivity index (χ3v) is 4.74. The molecule has 0 spiro atoms. The molecular formula is C23H18F3N5O. The molecule has 2 N–H and O–H groups in total. The first kappa shape index (κ1) is 21.2. The Morgan fingerprint density at radius 2 is 1.75 bits per heavy atom. The molecule has 0 aliphatic carbocycles. The summed E-state index contributed by atoms with van der Waals surface area (Å²) in [7, 11) is 0. The van der Waals surface area contributed by atoms with Crippen LogP contribution < -0.4 is 10.6 Å². The third-order valence-electron chi connectivity index (χ3n) is 4.74. The topological polar surface area (TPSA) is 79.8 Å². The normalized spacial score (nSPS) is 11.3. The fourth-order valence-electron chi connectivity index (χ4n) is 3.16. The van der Waals surface area contributed by atoms with E-state index in [4.69, 9.17) is 0 Å². The SMILES string of the molecule is O=C(NCCNc1ccc(C(F)(F)F)cn1)c1cc(-c2ccncc2)nc2ccccc12. The minimum absolute atomic E-state index is 0.253. The largest absolute Gasteiger partial charge is 0.417 e. The van der Waals surface area contributed by atoms with Gasteiger partial charge in [0.05, 0.1) is 22.3 Å². The molecule has 0 aliphatic heterocycles. The van der Waals surface area contributed by atoms with Gasteiger partial charge in [0, 0.05) is 42.6 Å². The number of nitrogens with one attached hydrogen (secondary N) is 2. The molecule has 0 unspecified atom stereocenters. The number of anilines is 1. The molecular weight excluding hydrogens is 419 g/mol. The molecule has 0 bridgehead atoms. The molecule has 3 heterocycles. The zero-order valence-corrected chi connectivity index (χ0v) is 16.7. The van der Waals surface area contributed by atoms with Gasteiger partial charge in [-0.15, -0.1) is 0 Å². The van der Waals surface area contributed by atoms with E-state index in [2.05, 4.69) is 25.6 Å². The summed E-state index contributed by atoms with van der Waals surface area (Å²) >= 11 is 0. The van der Waals surface area contributed by atoms with Crippen LogP contribution in [0.4, 0.5) is 19.0 Å². The van der Waals surface area contributed by atoms with E-state index in [1.807, 2.05) is 36.4 Å². The van der Waals surface area contributed by atoms with Crippen molar-refractivity contribution in [2.45, 2.75) is 6.18 Å². The average molecular weight is 437 g/mol. The molecule has 4 aromatic rings. The van der Waals surface area contributed by atoms with Crippen LogP contribution in [0.15, 0.2) is 73.2 Å². The van der Waals surface area contributed by atoms with E-state index in [1.54, 1.807) is 18.5 Å². The second-order valence-electron chi connectivity index (χ2n) is 6.92. The van der Waals surface area contributed by atoms with Gasteiger partial charge in [0.15, 0.2) is 0 Å². The summed E-state index contributed by atoms with van der Waals surface area (Å²) in [5.41, 5.74) is 1.86. The molecule has 0 atom stereocenters. The first-order valence-corrected chi connectivity index (χ1v) is 9.77. The van der Waals surface area contributed by atoms with Crippen molar-refractivity contribution in [3.8, 4) is 11.3 Å². The van der Waals surface area contributed by atoms with E-state index in [0.717, 1.165) is 23.2 Å². The fraction of sp³-hybridized carbons (Fsp3) is 0.130. The number of fused-ring (bicyclic) bond motifs is 1. The highest BCUT2D eigenvalue weighted by Crippen LogP contribution is 2.29. The predicted molar refractivity (Wildman–Crippen MR) is 115 cm³/mol. The van der Waals surface area contributed by atoms with Gasteiger partial charge in [0.25, 0.3) is 5.91 Å². The Balaban J connectivity index is 1.44. The van der Waals surface area contributed by atoms with Crippen molar-refractivity contribution < 1.29 is 18.0 Å². The highest BCUT2D eigenvalue weighted by Gasteiger charge is 2.30. The number of benzene rings is 1. The van der Waals surface area contributed by atoms with Crippen LogP contribution in [0.2, 0.25) is 0 Å². The van der Waals surface area contributed by atoms with Gasteiger partial charge in [-0.25, -0.2) is 9.97 Å². The van der Waals surface area contributed by atoms with Crippen molar-refractivity contribution in [2.75, 3.05) is 18.4 Å². The molecule has 32 heavy (non-hydrogen) atoms. The third kappa shape index (κ3) is 4.83. The van der Waals surface area contributed by atoms with E-state index in [-0.39, 0.29) is 12.5 Å². The van der Waals surface area contributed by atoms with Gasteiger partial charge in [0.1, 0.15) is 5.82 Å². The summed E-state index contributed by atoms with van der Waals surface area (Å²) in [4.78, 5) is 25.3. The van der Waals surface area contributed by atoms with Crippen LogP contribution in [0.1, 0.15) is 15.9 Å². The summed E-state index contributed by atoms with van der Waals surface area (Å²) in [5, 5.41) is 6.44.